The lowest BCUT2D eigenvalue weighted by Crippen LogP contribution is -2.20. The van der Waals surface area contributed by atoms with Crippen molar-refractivity contribution in [3.63, 3.8) is 0 Å². The van der Waals surface area contributed by atoms with E-state index in [9.17, 15) is 9.59 Å². The highest BCUT2D eigenvalue weighted by Gasteiger charge is 2.14. The number of fused-ring (bicyclic) bond motifs is 1. The third kappa shape index (κ3) is 4.31. The largest absolute Gasteiger partial charge is 0.497 e. The molecule has 31 heavy (non-hydrogen) atoms. The molecule has 9 heteroatoms. The molecule has 2 aromatic carbocycles. The van der Waals surface area contributed by atoms with Gasteiger partial charge >= 0.3 is 5.56 Å². The van der Waals surface area contributed by atoms with Crippen LogP contribution in [-0.2, 0) is 4.79 Å². The number of anilines is 1. The van der Waals surface area contributed by atoms with Crippen molar-refractivity contribution in [3.8, 4) is 11.4 Å². The first kappa shape index (κ1) is 20.7. The van der Waals surface area contributed by atoms with Gasteiger partial charge in [-0.3, -0.25) is 18.6 Å². The van der Waals surface area contributed by atoms with E-state index in [1.54, 1.807) is 30.0 Å². The van der Waals surface area contributed by atoms with Gasteiger partial charge in [0.1, 0.15) is 5.75 Å². The number of hydrogen-bond donors (Lipinski definition) is 1. The van der Waals surface area contributed by atoms with Crippen molar-refractivity contribution in [2.45, 2.75) is 19.0 Å². The zero-order valence-electron chi connectivity index (χ0n) is 17.3. The second-order valence-corrected chi connectivity index (χ2v) is 7.93. The molecule has 0 aliphatic heterocycles. The first-order chi connectivity index (χ1) is 15.0. The minimum atomic E-state index is -0.310. The predicted octanol–water partition coefficient (Wildman–Crippen LogP) is 3.24. The quantitative estimate of drug-likeness (QED) is 0.468. The molecule has 2 aromatic heterocycles. The van der Waals surface area contributed by atoms with Crippen LogP contribution in [0.15, 0.2) is 64.8 Å². The van der Waals surface area contributed by atoms with Gasteiger partial charge in [0.2, 0.25) is 11.6 Å². The summed E-state index contributed by atoms with van der Waals surface area (Å²) in [6.45, 7) is 4.02. The van der Waals surface area contributed by atoms with E-state index in [1.165, 1.54) is 21.9 Å². The van der Waals surface area contributed by atoms with Crippen molar-refractivity contribution in [2.75, 3.05) is 18.2 Å². The number of aryl methyl sites for hydroxylation is 2. The maximum absolute atomic E-state index is 12.9. The summed E-state index contributed by atoms with van der Waals surface area (Å²) in [6.07, 6.45) is 3.35. The van der Waals surface area contributed by atoms with Crippen LogP contribution in [0.3, 0.4) is 0 Å². The van der Waals surface area contributed by atoms with Gasteiger partial charge in [-0.15, -0.1) is 10.2 Å². The van der Waals surface area contributed by atoms with Gasteiger partial charge in [0.25, 0.3) is 0 Å². The number of benzene rings is 2. The molecule has 8 nitrogen and oxygen atoms in total. The molecule has 0 saturated carbocycles. The van der Waals surface area contributed by atoms with Gasteiger partial charge in [-0.1, -0.05) is 23.9 Å². The monoisotopic (exact) mass is 435 g/mol. The van der Waals surface area contributed by atoms with Crippen molar-refractivity contribution in [1.29, 1.82) is 0 Å². The summed E-state index contributed by atoms with van der Waals surface area (Å²) >= 11 is 1.22. The number of amides is 1. The summed E-state index contributed by atoms with van der Waals surface area (Å²) in [5.74, 6) is 0.638. The average Bonchev–Trinajstić information content (AvgIpc) is 3.19. The molecule has 0 aliphatic rings. The molecule has 0 bridgehead atoms. The molecule has 4 aromatic rings. The molecule has 1 N–H and O–H groups in total. The minimum absolute atomic E-state index is 0.146. The number of carbonyl (C=O) groups is 1. The van der Waals surface area contributed by atoms with E-state index < -0.39 is 0 Å². The standard InChI is InChI=1S/C22H21N5O3S/c1-14-7-8-16(11-15(14)2)23-19(28)13-31-22-25-24-20-21(29)26(9-10-27(20)22)17-5-4-6-18(12-17)30-3/h4-12H,13H2,1-3H3,(H,23,28). The average molecular weight is 436 g/mol. The highest BCUT2D eigenvalue weighted by molar-refractivity contribution is 7.99. The fraction of sp³-hybridized carbons (Fsp3) is 0.182. The Hall–Kier alpha value is -3.59. The predicted molar refractivity (Wildman–Crippen MR) is 120 cm³/mol. The van der Waals surface area contributed by atoms with Crippen LogP contribution in [0, 0.1) is 13.8 Å². The van der Waals surface area contributed by atoms with E-state index in [2.05, 4.69) is 15.5 Å². The van der Waals surface area contributed by atoms with Crippen LogP contribution in [0.4, 0.5) is 5.69 Å². The Morgan fingerprint density at radius 3 is 2.71 bits per heavy atom. The van der Waals surface area contributed by atoms with Gasteiger partial charge in [0.15, 0.2) is 5.16 Å². The number of ether oxygens (including phenoxy) is 1. The Balaban J connectivity index is 1.51. The van der Waals surface area contributed by atoms with Gasteiger partial charge in [0.05, 0.1) is 18.6 Å². The molecule has 0 fully saturated rings. The maximum Gasteiger partial charge on any atom is 0.300 e. The van der Waals surface area contributed by atoms with Gasteiger partial charge in [-0.25, -0.2) is 0 Å². The summed E-state index contributed by atoms with van der Waals surface area (Å²) < 4.78 is 8.30. The summed E-state index contributed by atoms with van der Waals surface area (Å²) in [7, 11) is 1.57. The fourth-order valence-corrected chi connectivity index (χ4v) is 3.79. The molecule has 0 radical (unpaired) electrons. The van der Waals surface area contributed by atoms with E-state index in [-0.39, 0.29) is 22.9 Å². The van der Waals surface area contributed by atoms with E-state index in [0.717, 1.165) is 11.3 Å². The summed E-state index contributed by atoms with van der Waals surface area (Å²) in [5, 5.41) is 11.5. The second kappa shape index (κ2) is 8.65. The Morgan fingerprint density at radius 2 is 1.94 bits per heavy atom. The van der Waals surface area contributed by atoms with Crippen LogP contribution in [0.5, 0.6) is 5.75 Å². The molecule has 0 aliphatic carbocycles. The number of hydrogen-bond acceptors (Lipinski definition) is 6. The Kier molecular flexibility index (Phi) is 5.77. The number of methoxy groups -OCH3 is 1. The smallest absolute Gasteiger partial charge is 0.300 e. The topological polar surface area (TPSA) is 90.5 Å². The van der Waals surface area contributed by atoms with E-state index in [0.29, 0.717) is 16.6 Å². The van der Waals surface area contributed by atoms with E-state index >= 15 is 0 Å². The number of thioether (sulfide) groups is 1. The van der Waals surface area contributed by atoms with Gasteiger partial charge in [-0.05, 0) is 49.2 Å². The van der Waals surface area contributed by atoms with Crippen LogP contribution in [0.2, 0.25) is 0 Å². The van der Waals surface area contributed by atoms with Crippen LogP contribution >= 0.6 is 11.8 Å². The zero-order valence-corrected chi connectivity index (χ0v) is 18.1. The maximum atomic E-state index is 12.9. The highest BCUT2D eigenvalue weighted by atomic mass is 32.2. The molecule has 0 atom stereocenters. The molecule has 1 amide bonds. The van der Waals surface area contributed by atoms with Crippen LogP contribution < -0.4 is 15.6 Å². The van der Waals surface area contributed by atoms with Crippen molar-refractivity contribution >= 4 is 29.0 Å². The van der Waals surface area contributed by atoms with Crippen LogP contribution in [0.1, 0.15) is 11.1 Å². The van der Waals surface area contributed by atoms with E-state index in [1.807, 2.05) is 50.2 Å². The third-order valence-electron chi connectivity index (χ3n) is 4.89. The number of nitrogens with one attached hydrogen (secondary N) is 1. The number of nitrogens with zero attached hydrogens (tertiary/aromatic N) is 4. The first-order valence-electron chi connectivity index (χ1n) is 9.57. The molecule has 0 unspecified atom stereocenters. The number of carbonyl (C=O) groups excluding carboxylic acids is 1. The molecule has 0 saturated heterocycles. The van der Waals surface area contributed by atoms with E-state index in [4.69, 9.17) is 4.74 Å². The summed E-state index contributed by atoms with van der Waals surface area (Å²) in [5.41, 5.74) is 3.57. The zero-order chi connectivity index (χ0) is 22.0. The normalized spacial score (nSPS) is 10.9. The van der Waals surface area contributed by atoms with Gasteiger partial charge < -0.3 is 10.1 Å². The lowest BCUT2D eigenvalue weighted by Gasteiger charge is -2.08. The second-order valence-electron chi connectivity index (χ2n) is 6.99. The van der Waals surface area contributed by atoms with Gasteiger partial charge in [-0.2, -0.15) is 0 Å². The fourth-order valence-electron chi connectivity index (χ4n) is 3.07. The van der Waals surface area contributed by atoms with Crippen molar-refractivity contribution < 1.29 is 9.53 Å². The lowest BCUT2D eigenvalue weighted by molar-refractivity contribution is -0.113. The first-order valence-corrected chi connectivity index (χ1v) is 10.6. The highest BCUT2D eigenvalue weighted by Crippen LogP contribution is 2.19. The van der Waals surface area contributed by atoms with Crippen LogP contribution in [0.25, 0.3) is 11.3 Å². The Morgan fingerprint density at radius 1 is 1.10 bits per heavy atom. The molecule has 158 valence electrons. The minimum Gasteiger partial charge on any atom is -0.497 e. The van der Waals surface area contributed by atoms with Crippen molar-refractivity contribution in [2.24, 2.45) is 0 Å². The number of rotatable bonds is 6. The molecular formula is C22H21N5O3S. The molecular weight excluding hydrogens is 414 g/mol. The number of aromatic nitrogens is 4. The Bertz CT molecular complexity index is 1330. The molecule has 2 heterocycles. The van der Waals surface area contributed by atoms with Crippen molar-refractivity contribution in [3.05, 3.63) is 76.3 Å². The SMILES string of the molecule is COc1cccc(-n2ccn3c(SCC(=O)Nc4ccc(C)c(C)c4)nnc3c2=O)c1. The van der Waals surface area contributed by atoms with Gasteiger partial charge in [0, 0.05) is 24.1 Å². The van der Waals surface area contributed by atoms with Crippen LogP contribution in [-0.4, -0.2) is 37.9 Å². The molecule has 4 rings (SSSR count). The lowest BCUT2D eigenvalue weighted by atomic mass is 10.1. The third-order valence-corrected chi connectivity index (χ3v) is 5.84. The summed E-state index contributed by atoms with van der Waals surface area (Å²) in [4.78, 5) is 25.2. The Labute approximate surface area is 182 Å². The molecule has 0 spiro atoms. The summed E-state index contributed by atoms with van der Waals surface area (Å²) in [6, 6.07) is 13.0. The van der Waals surface area contributed by atoms with Crippen molar-refractivity contribution in [1.82, 2.24) is 19.2 Å².